The minimum atomic E-state index is 0.743. The van der Waals surface area contributed by atoms with Crippen molar-refractivity contribution in [2.24, 2.45) is 5.10 Å². The lowest BCUT2D eigenvalue weighted by Gasteiger charge is -2.25. The molecule has 0 unspecified atom stereocenters. The van der Waals surface area contributed by atoms with Crippen molar-refractivity contribution in [3.8, 4) is 0 Å². The summed E-state index contributed by atoms with van der Waals surface area (Å²) in [7, 11) is 0. The van der Waals surface area contributed by atoms with E-state index in [9.17, 15) is 0 Å². The Kier molecular flexibility index (Phi) is 7.02. The zero-order chi connectivity index (χ0) is 23.9. The highest BCUT2D eigenvalue weighted by Crippen LogP contribution is 2.34. The molecular weight excluding hydrogens is 446 g/mol. The molecule has 172 valence electrons. The van der Waals surface area contributed by atoms with Crippen LogP contribution in [0.3, 0.4) is 0 Å². The molecule has 4 heteroatoms. The van der Waals surface area contributed by atoms with Gasteiger partial charge in [-0.05, 0) is 73.2 Å². The van der Waals surface area contributed by atoms with Crippen LogP contribution in [-0.4, -0.2) is 6.21 Å². The molecule has 0 bridgehead atoms. The first-order valence-corrected chi connectivity index (χ1v) is 12.5. The minimum absolute atomic E-state index is 0.743. The number of hydrogen-bond acceptors (Lipinski definition) is 4. The quantitative estimate of drug-likeness (QED) is 0.166. The summed E-state index contributed by atoms with van der Waals surface area (Å²) in [6.07, 6.45) is 1.94. The molecule has 0 aliphatic carbocycles. The third-order valence-corrected chi connectivity index (χ3v) is 6.67. The van der Waals surface area contributed by atoms with Gasteiger partial charge in [0, 0.05) is 26.8 Å². The van der Waals surface area contributed by atoms with E-state index >= 15 is 0 Å². The molecule has 0 atom stereocenters. The Balaban J connectivity index is 1.41. The van der Waals surface area contributed by atoms with E-state index in [1.165, 1.54) is 9.75 Å². The Hall–Kier alpha value is -4.15. The lowest BCUT2D eigenvalue weighted by atomic mass is 10.1. The fraction of sp³-hybridized carbons (Fsp3) is 0.0645. The van der Waals surface area contributed by atoms with Crippen LogP contribution in [0.25, 0.3) is 0 Å². The van der Waals surface area contributed by atoms with Gasteiger partial charge in [-0.1, -0.05) is 66.7 Å². The lowest BCUT2D eigenvalue weighted by molar-refractivity contribution is 0.871. The fourth-order valence-corrected chi connectivity index (χ4v) is 4.84. The van der Waals surface area contributed by atoms with Crippen LogP contribution in [-0.2, 0) is 6.54 Å². The molecule has 4 aromatic carbocycles. The molecule has 0 fully saturated rings. The maximum absolute atomic E-state index is 4.86. The van der Waals surface area contributed by atoms with Crippen molar-refractivity contribution in [2.45, 2.75) is 13.5 Å². The largest absolute Gasteiger partial charge is 0.311 e. The smallest absolute Gasteiger partial charge is 0.0759 e. The average Bonchev–Trinajstić information content (AvgIpc) is 3.34. The van der Waals surface area contributed by atoms with Gasteiger partial charge >= 0.3 is 0 Å². The van der Waals surface area contributed by atoms with E-state index in [1.54, 1.807) is 0 Å². The van der Waals surface area contributed by atoms with Gasteiger partial charge in [0.15, 0.2) is 0 Å². The number of anilines is 4. The van der Waals surface area contributed by atoms with Gasteiger partial charge in [0.1, 0.15) is 0 Å². The summed E-state index contributed by atoms with van der Waals surface area (Å²) in [6, 6.07) is 44.1. The second kappa shape index (κ2) is 10.9. The normalized spacial score (nSPS) is 11.0. The molecule has 0 aliphatic heterocycles. The van der Waals surface area contributed by atoms with Gasteiger partial charge in [-0.15, -0.1) is 11.3 Å². The van der Waals surface area contributed by atoms with Crippen LogP contribution in [0.15, 0.2) is 132 Å². The van der Waals surface area contributed by atoms with Crippen molar-refractivity contribution < 1.29 is 0 Å². The predicted octanol–water partition coefficient (Wildman–Crippen LogP) is 8.57. The van der Waals surface area contributed by atoms with E-state index in [0.717, 1.165) is 34.9 Å². The van der Waals surface area contributed by atoms with Crippen molar-refractivity contribution in [3.05, 3.63) is 143 Å². The van der Waals surface area contributed by atoms with Gasteiger partial charge in [0.2, 0.25) is 0 Å². The Morgan fingerprint density at radius 1 is 0.600 bits per heavy atom. The van der Waals surface area contributed by atoms with Crippen molar-refractivity contribution in [3.63, 3.8) is 0 Å². The van der Waals surface area contributed by atoms with E-state index in [2.05, 4.69) is 114 Å². The maximum Gasteiger partial charge on any atom is 0.0759 e. The van der Waals surface area contributed by atoms with Crippen LogP contribution < -0.4 is 9.91 Å². The van der Waals surface area contributed by atoms with Gasteiger partial charge in [-0.3, -0.25) is 5.01 Å². The number of thiophene rings is 1. The standard InChI is InChI=1S/C31H27N3S/c1-25-17-22-31(35-25)24-33(27-11-5-2-6-12-27)32-23-26-18-20-30(21-19-26)34(28-13-7-3-8-14-28)29-15-9-4-10-16-29/h2-23H,24H2,1H3. The second-order valence-electron chi connectivity index (χ2n) is 8.25. The molecule has 0 amide bonds. The van der Waals surface area contributed by atoms with Crippen LogP contribution in [0.2, 0.25) is 0 Å². The van der Waals surface area contributed by atoms with Crippen LogP contribution in [0.4, 0.5) is 22.7 Å². The monoisotopic (exact) mass is 473 g/mol. The summed E-state index contributed by atoms with van der Waals surface area (Å²) >= 11 is 1.81. The summed E-state index contributed by atoms with van der Waals surface area (Å²) in [6.45, 7) is 2.88. The number of para-hydroxylation sites is 3. The van der Waals surface area contributed by atoms with Crippen LogP contribution in [0, 0.1) is 6.92 Å². The number of benzene rings is 4. The van der Waals surface area contributed by atoms with Gasteiger partial charge in [-0.25, -0.2) is 0 Å². The topological polar surface area (TPSA) is 18.8 Å². The average molecular weight is 474 g/mol. The number of aryl methyl sites for hydroxylation is 1. The Morgan fingerprint density at radius 3 is 1.63 bits per heavy atom. The van der Waals surface area contributed by atoms with Crippen LogP contribution in [0.5, 0.6) is 0 Å². The Bertz CT molecular complexity index is 1320. The summed E-state index contributed by atoms with van der Waals surface area (Å²) in [5.41, 5.74) is 5.49. The van der Waals surface area contributed by atoms with Gasteiger partial charge in [-0.2, -0.15) is 5.10 Å². The van der Waals surface area contributed by atoms with Gasteiger partial charge < -0.3 is 4.90 Å². The molecule has 0 N–H and O–H groups in total. The fourth-order valence-electron chi connectivity index (χ4n) is 3.96. The molecule has 3 nitrogen and oxygen atoms in total. The highest BCUT2D eigenvalue weighted by molar-refractivity contribution is 7.11. The second-order valence-corrected chi connectivity index (χ2v) is 9.62. The molecule has 0 radical (unpaired) electrons. The summed E-state index contributed by atoms with van der Waals surface area (Å²) in [5.74, 6) is 0. The minimum Gasteiger partial charge on any atom is -0.311 e. The molecule has 1 aromatic heterocycles. The molecule has 5 rings (SSSR count). The molecule has 0 aliphatic rings. The van der Waals surface area contributed by atoms with Crippen molar-refractivity contribution in [2.75, 3.05) is 9.91 Å². The SMILES string of the molecule is Cc1ccc(CN(N=Cc2ccc(N(c3ccccc3)c3ccccc3)cc2)c2ccccc2)s1. The van der Waals surface area contributed by atoms with Gasteiger partial charge in [0.05, 0.1) is 18.4 Å². The third-order valence-electron chi connectivity index (χ3n) is 5.68. The first-order valence-electron chi connectivity index (χ1n) is 11.7. The van der Waals surface area contributed by atoms with E-state index in [0.29, 0.717) is 0 Å². The van der Waals surface area contributed by atoms with E-state index in [1.807, 2.05) is 47.9 Å². The summed E-state index contributed by atoms with van der Waals surface area (Å²) in [5, 5.41) is 6.92. The zero-order valence-corrected chi connectivity index (χ0v) is 20.5. The Morgan fingerprint density at radius 2 is 1.11 bits per heavy atom. The molecule has 0 saturated heterocycles. The first kappa shape index (κ1) is 22.6. The number of nitrogens with zero attached hydrogens (tertiary/aromatic N) is 3. The van der Waals surface area contributed by atoms with Crippen molar-refractivity contribution >= 4 is 40.3 Å². The highest BCUT2D eigenvalue weighted by Gasteiger charge is 2.12. The van der Waals surface area contributed by atoms with E-state index in [-0.39, 0.29) is 0 Å². The first-order chi connectivity index (χ1) is 17.3. The van der Waals surface area contributed by atoms with Crippen molar-refractivity contribution in [1.82, 2.24) is 0 Å². The predicted molar refractivity (Wildman–Crippen MR) is 150 cm³/mol. The summed E-state index contributed by atoms with van der Waals surface area (Å²) < 4.78 is 0. The molecule has 0 spiro atoms. The van der Waals surface area contributed by atoms with Gasteiger partial charge in [0.25, 0.3) is 0 Å². The van der Waals surface area contributed by atoms with Crippen LogP contribution in [0.1, 0.15) is 15.3 Å². The number of hydrazone groups is 1. The molecule has 35 heavy (non-hydrogen) atoms. The zero-order valence-electron chi connectivity index (χ0n) is 19.7. The van der Waals surface area contributed by atoms with E-state index < -0.39 is 0 Å². The molecule has 0 saturated carbocycles. The number of hydrogen-bond donors (Lipinski definition) is 0. The molecule has 1 heterocycles. The third kappa shape index (κ3) is 5.68. The van der Waals surface area contributed by atoms with Crippen molar-refractivity contribution in [1.29, 1.82) is 0 Å². The summed E-state index contributed by atoms with van der Waals surface area (Å²) in [4.78, 5) is 4.87. The molecular formula is C31H27N3S. The maximum atomic E-state index is 4.86. The number of rotatable bonds is 8. The highest BCUT2D eigenvalue weighted by atomic mass is 32.1. The Labute approximate surface area is 211 Å². The lowest BCUT2D eigenvalue weighted by Crippen LogP contribution is -2.15. The van der Waals surface area contributed by atoms with Crippen LogP contribution >= 0.6 is 11.3 Å². The van der Waals surface area contributed by atoms with E-state index in [4.69, 9.17) is 5.10 Å². The molecule has 5 aromatic rings.